The van der Waals surface area contributed by atoms with Gasteiger partial charge in [0, 0.05) is 22.6 Å². The van der Waals surface area contributed by atoms with Gasteiger partial charge in [0.2, 0.25) is 5.16 Å². The lowest BCUT2D eigenvalue weighted by Crippen LogP contribution is -2.05. The minimum absolute atomic E-state index is 0.0175. The van der Waals surface area contributed by atoms with Gasteiger partial charge in [-0.1, -0.05) is 11.8 Å². The van der Waals surface area contributed by atoms with Gasteiger partial charge in [0.05, 0.1) is 5.75 Å². The lowest BCUT2D eigenvalue weighted by molar-refractivity contribution is 0.102. The molecule has 0 aliphatic carbocycles. The van der Waals surface area contributed by atoms with E-state index < -0.39 is 0 Å². The summed E-state index contributed by atoms with van der Waals surface area (Å²) in [7, 11) is 0. The number of aryl methyl sites for hydroxylation is 2. The van der Waals surface area contributed by atoms with E-state index in [2.05, 4.69) is 15.2 Å². The summed E-state index contributed by atoms with van der Waals surface area (Å²) < 4.78 is 15.1. The highest BCUT2D eigenvalue weighted by Gasteiger charge is 2.17. The first kappa shape index (κ1) is 16.4. The first-order chi connectivity index (χ1) is 11.5. The Labute approximate surface area is 143 Å². The summed E-state index contributed by atoms with van der Waals surface area (Å²) in [6.45, 7) is 5.64. The van der Waals surface area contributed by atoms with Crippen LogP contribution in [0.25, 0.3) is 5.69 Å². The third-order valence-electron chi connectivity index (χ3n) is 3.73. The topological polar surface area (TPSA) is 63.6 Å². The number of hydrogen-bond donors (Lipinski definition) is 1. The maximum absolute atomic E-state index is 13.1. The van der Waals surface area contributed by atoms with Crippen LogP contribution in [0.4, 0.5) is 4.39 Å². The maximum atomic E-state index is 13.1. The molecular weight excluding hydrogens is 327 g/mol. The number of H-pyrrole nitrogens is 1. The summed E-state index contributed by atoms with van der Waals surface area (Å²) in [5.74, 6) is 0.726. The minimum atomic E-state index is -0.282. The van der Waals surface area contributed by atoms with Crippen LogP contribution in [0.3, 0.4) is 0 Å². The Balaban J connectivity index is 1.82. The average Bonchev–Trinajstić information content (AvgIpc) is 3.09. The number of benzene rings is 1. The van der Waals surface area contributed by atoms with E-state index in [1.807, 2.05) is 31.4 Å². The van der Waals surface area contributed by atoms with Gasteiger partial charge in [0.1, 0.15) is 11.6 Å². The van der Waals surface area contributed by atoms with E-state index >= 15 is 0 Å². The molecule has 0 saturated heterocycles. The van der Waals surface area contributed by atoms with Crippen molar-refractivity contribution in [1.82, 2.24) is 19.7 Å². The fourth-order valence-electron chi connectivity index (χ4n) is 2.63. The van der Waals surface area contributed by atoms with Gasteiger partial charge in [-0.2, -0.15) is 0 Å². The maximum Gasteiger partial charge on any atom is 0.208 e. The molecule has 0 atom stereocenters. The van der Waals surface area contributed by atoms with E-state index in [1.54, 1.807) is 12.1 Å². The van der Waals surface area contributed by atoms with Crippen molar-refractivity contribution in [2.24, 2.45) is 0 Å². The molecule has 124 valence electrons. The lowest BCUT2D eigenvalue weighted by Gasteiger charge is -2.09. The molecule has 0 unspecified atom stereocenters. The number of carbonyl (C=O) groups is 1. The SMILES string of the molecule is Cc1nc(SCC(=O)c2cc(C)n(-c3ccc(F)cc3)c2C)n[nH]1. The number of nitrogens with one attached hydrogen (secondary N) is 1. The summed E-state index contributed by atoms with van der Waals surface area (Å²) in [6.07, 6.45) is 0. The second-order valence-electron chi connectivity index (χ2n) is 5.51. The number of nitrogens with zero attached hydrogens (tertiary/aromatic N) is 3. The zero-order valence-corrected chi connectivity index (χ0v) is 14.4. The van der Waals surface area contributed by atoms with Crippen LogP contribution in [0.15, 0.2) is 35.5 Å². The number of ketones is 1. The number of rotatable bonds is 5. The van der Waals surface area contributed by atoms with Crippen molar-refractivity contribution in [3.63, 3.8) is 0 Å². The number of carbonyl (C=O) groups excluding carboxylic acids is 1. The summed E-state index contributed by atoms with van der Waals surface area (Å²) in [5, 5.41) is 7.33. The van der Waals surface area contributed by atoms with Crippen LogP contribution >= 0.6 is 11.8 Å². The molecule has 0 aliphatic heterocycles. The Morgan fingerprint density at radius 2 is 1.96 bits per heavy atom. The van der Waals surface area contributed by atoms with Crippen LogP contribution in [0.1, 0.15) is 27.6 Å². The summed E-state index contributed by atoms with van der Waals surface area (Å²) in [6, 6.07) is 8.10. The van der Waals surface area contributed by atoms with Gasteiger partial charge in [-0.25, -0.2) is 9.37 Å². The van der Waals surface area contributed by atoms with E-state index in [1.165, 1.54) is 23.9 Å². The van der Waals surface area contributed by atoms with E-state index in [-0.39, 0.29) is 17.4 Å². The van der Waals surface area contributed by atoms with Crippen molar-refractivity contribution in [2.45, 2.75) is 25.9 Å². The third kappa shape index (κ3) is 3.26. The number of thioether (sulfide) groups is 1. The third-order valence-corrected chi connectivity index (χ3v) is 4.57. The summed E-state index contributed by atoms with van der Waals surface area (Å²) >= 11 is 1.30. The molecule has 1 N–H and O–H groups in total. The predicted molar refractivity (Wildman–Crippen MR) is 91.4 cm³/mol. The number of halogens is 1. The summed E-state index contributed by atoms with van der Waals surface area (Å²) in [4.78, 5) is 16.7. The Kier molecular flexibility index (Phi) is 4.53. The van der Waals surface area contributed by atoms with Crippen LogP contribution in [0.2, 0.25) is 0 Å². The Morgan fingerprint density at radius 3 is 2.58 bits per heavy atom. The van der Waals surface area contributed by atoms with Crippen molar-refractivity contribution in [3.8, 4) is 5.69 Å². The second kappa shape index (κ2) is 6.60. The highest BCUT2D eigenvalue weighted by Crippen LogP contribution is 2.23. The quantitative estimate of drug-likeness (QED) is 0.567. The van der Waals surface area contributed by atoms with Crippen LogP contribution in [0, 0.1) is 26.6 Å². The van der Waals surface area contributed by atoms with E-state index in [4.69, 9.17) is 0 Å². The van der Waals surface area contributed by atoms with Crippen molar-refractivity contribution >= 4 is 17.5 Å². The molecule has 0 radical (unpaired) electrons. The highest BCUT2D eigenvalue weighted by molar-refractivity contribution is 7.99. The van der Waals surface area contributed by atoms with Crippen molar-refractivity contribution in [2.75, 3.05) is 5.75 Å². The van der Waals surface area contributed by atoms with Gasteiger partial charge >= 0.3 is 0 Å². The molecule has 0 aliphatic rings. The highest BCUT2D eigenvalue weighted by atomic mass is 32.2. The van der Waals surface area contributed by atoms with Crippen molar-refractivity contribution in [1.29, 1.82) is 0 Å². The second-order valence-corrected chi connectivity index (χ2v) is 6.45. The van der Waals surface area contributed by atoms with Gasteiger partial charge in [0.15, 0.2) is 5.78 Å². The fraction of sp³-hybridized carbons (Fsp3) is 0.235. The van der Waals surface area contributed by atoms with Gasteiger partial charge < -0.3 is 4.57 Å². The zero-order valence-electron chi connectivity index (χ0n) is 13.6. The first-order valence-corrected chi connectivity index (χ1v) is 8.44. The molecule has 2 heterocycles. The van der Waals surface area contributed by atoms with E-state index in [9.17, 15) is 9.18 Å². The molecular formula is C17H17FN4OS. The van der Waals surface area contributed by atoms with Gasteiger partial charge in [-0.3, -0.25) is 9.89 Å². The molecule has 24 heavy (non-hydrogen) atoms. The standard InChI is InChI=1S/C17H17FN4OS/c1-10-8-15(16(23)9-24-17-19-12(3)20-21-17)11(2)22(10)14-6-4-13(18)5-7-14/h4-8H,9H2,1-3H3,(H,19,20,21). The molecule has 7 heteroatoms. The molecule has 0 amide bonds. The molecule has 3 aromatic rings. The van der Waals surface area contributed by atoms with Crippen molar-refractivity contribution in [3.05, 3.63) is 58.9 Å². The van der Waals surface area contributed by atoms with Gasteiger partial charge in [-0.15, -0.1) is 5.10 Å². The van der Waals surface area contributed by atoms with Crippen LogP contribution in [-0.2, 0) is 0 Å². The average molecular weight is 344 g/mol. The Bertz CT molecular complexity index is 883. The van der Waals surface area contributed by atoms with E-state index in [0.717, 1.165) is 22.9 Å². The molecule has 2 aromatic heterocycles. The summed E-state index contributed by atoms with van der Waals surface area (Å²) in [5.41, 5.74) is 3.27. The molecule has 0 saturated carbocycles. The molecule has 3 rings (SSSR count). The molecule has 1 aromatic carbocycles. The van der Waals surface area contributed by atoms with E-state index in [0.29, 0.717) is 10.7 Å². The smallest absolute Gasteiger partial charge is 0.208 e. The number of aromatic amines is 1. The van der Waals surface area contributed by atoms with Gasteiger partial charge in [0.25, 0.3) is 0 Å². The first-order valence-electron chi connectivity index (χ1n) is 7.45. The Hall–Kier alpha value is -2.41. The monoisotopic (exact) mass is 344 g/mol. The number of hydrogen-bond acceptors (Lipinski definition) is 4. The molecule has 5 nitrogen and oxygen atoms in total. The normalized spacial score (nSPS) is 11.0. The minimum Gasteiger partial charge on any atom is -0.318 e. The molecule has 0 spiro atoms. The molecule has 0 bridgehead atoms. The Morgan fingerprint density at radius 1 is 1.25 bits per heavy atom. The molecule has 0 fully saturated rings. The number of aromatic nitrogens is 4. The zero-order chi connectivity index (χ0) is 17.3. The largest absolute Gasteiger partial charge is 0.318 e. The van der Waals surface area contributed by atoms with Gasteiger partial charge in [-0.05, 0) is 51.1 Å². The van der Waals surface area contributed by atoms with Crippen LogP contribution in [0.5, 0.6) is 0 Å². The van der Waals surface area contributed by atoms with Crippen LogP contribution < -0.4 is 0 Å². The van der Waals surface area contributed by atoms with Crippen LogP contribution in [-0.4, -0.2) is 31.3 Å². The number of Topliss-reactive ketones (excluding diaryl/α,β-unsaturated/α-hetero) is 1. The predicted octanol–water partition coefficient (Wildman–Crippen LogP) is 3.63. The van der Waals surface area contributed by atoms with Crippen molar-refractivity contribution < 1.29 is 9.18 Å². The fourth-order valence-corrected chi connectivity index (χ4v) is 3.35. The lowest BCUT2D eigenvalue weighted by atomic mass is 10.2.